The summed E-state index contributed by atoms with van der Waals surface area (Å²) in [5.74, 6) is -12.2. The molecule has 8 aliphatic rings. The lowest BCUT2D eigenvalue weighted by Crippen LogP contribution is -2.51. The Hall–Kier alpha value is -6.28. The maximum atomic E-state index is 14.5. The molecule has 1 unspecified atom stereocenters. The Kier molecular flexibility index (Phi) is 24.6. The molecule has 9 aromatic heterocycles. The molecule has 13 atom stereocenters. The standard InChI is InChI=1S/C22H23ClF2N4O2S.C19H19ClF2N6OS.C17H21ClF2N4O2S.C16H17ClF4N4OS/c1-13-8-21(20-15(7-19(23)32-20)22(24,25)12-31-21)9-16(26-13)17-10-29(28-27-17)11-18(30)14-5-3-2-4-6-14;1-11-6-18(17-13(5-16(20)30-17)19(21,22)10-29-18)7-14(24-11)15-9-28(27-26-15)8-12-3-2-4-23-25-12;1-10-6-16(15-11(5-14(18)27-15)17(19,20)9-26-16)7-12(21-10)13-8-24(23-22-13)3-4-25-2;1-8-3-15(14-9(2-12(17)27-14)16(20,21)7-26-15)4-10(22-8)11-5-25(24-23-11)6-13(18)19/h2-7,10,13,16,18,26,30H,8-9,11-12H2,1H3;2-5,9,11,14,24H,6-8,10H2,1H3;5,8,10,12,21H,3-4,6-7,9H2,1-2H3;2,5,8,10,13,22H,3-4,6-7H2,1H3/t13-,16-,18?,21-;11-,14-,18-;10-,12-,16-;8-,10-,15-/m0000/s1. The lowest BCUT2D eigenvalue weighted by Gasteiger charge is -2.47. The van der Waals surface area contributed by atoms with Gasteiger partial charge in [-0.15, -0.1) is 65.7 Å². The molecule has 0 aliphatic carbocycles. The minimum atomic E-state index is -3.09. The van der Waals surface area contributed by atoms with Crippen LogP contribution < -0.4 is 21.3 Å². The summed E-state index contributed by atoms with van der Waals surface area (Å²) in [5, 5.41) is 65.3. The van der Waals surface area contributed by atoms with Crippen molar-refractivity contribution in [3.63, 3.8) is 0 Å². The number of nitrogens with one attached hydrogen (secondary N) is 4. The predicted octanol–water partition coefficient (Wildman–Crippen LogP) is 15.8. The van der Waals surface area contributed by atoms with Crippen molar-refractivity contribution in [2.24, 2.45) is 0 Å². The number of aliphatic hydroxyl groups is 1. The number of hydrogen-bond acceptors (Lipinski definition) is 24. The number of benzene rings is 1. The van der Waals surface area contributed by atoms with Gasteiger partial charge in [0.1, 0.15) is 55.4 Å². The van der Waals surface area contributed by atoms with Gasteiger partial charge < -0.3 is 50.1 Å². The number of aromatic nitrogens is 14. The van der Waals surface area contributed by atoms with Crippen molar-refractivity contribution in [3.8, 4) is 0 Å². The number of ether oxygens (including phenoxy) is 5. The number of aliphatic hydroxyl groups excluding tert-OH is 1. The average Bonchev–Trinajstić information content (AvgIpc) is 1.50. The van der Waals surface area contributed by atoms with Crippen LogP contribution in [0.15, 0.2) is 97.7 Å². The van der Waals surface area contributed by atoms with Gasteiger partial charge in [-0.05, 0) is 95.3 Å². The lowest BCUT2D eigenvalue weighted by atomic mass is 9.78. The van der Waals surface area contributed by atoms with Gasteiger partial charge in [-0.1, -0.05) is 97.6 Å². The Labute approximate surface area is 694 Å². The van der Waals surface area contributed by atoms with E-state index in [-0.39, 0.29) is 81.5 Å². The van der Waals surface area contributed by atoms with Gasteiger partial charge in [0.2, 0.25) is 0 Å². The van der Waals surface area contributed by atoms with Crippen LogP contribution in [0.5, 0.6) is 0 Å². The van der Waals surface area contributed by atoms with Crippen LogP contribution in [0.2, 0.25) is 17.3 Å². The van der Waals surface area contributed by atoms with Crippen LogP contribution in [-0.2, 0) is 96.0 Å². The molecule has 42 heteroatoms. The predicted molar refractivity (Wildman–Crippen MR) is 412 cm³/mol. The first-order chi connectivity index (χ1) is 55.1. The van der Waals surface area contributed by atoms with Crippen molar-refractivity contribution >= 4 is 91.8 Å². The zero-order valence-corrected chi connectivity index (χ0v) is 69.0. The number of piperidine rings is 4. The normalized spacial score (nSPS) is 28.8. The molecule has 4 spiro atoms. The molecule has 17 heterocycles. The first-order valence-corrected chi connectivity index (χ1v) is 42.1. The van der Waals surface area contributed by atoms with E-state index in [1.807, 2.05) is 82.6 Å². The number of hydrogen-bond donors (Lipinski definition) is 5. The van der Waals surface area contributed by atoms with Gasteiger partial charge in [0, 0.05) is 105 Å². The van der Waals surface area contributed by atoms with Crippen LogP contribution in [0.25, 0.3) is 0 Å². The molecule has 0 radical (unpaired) electrons. The highest BCUT2D eigenvalue weighted by atomic mass is 35.5. The first-order valence-electron chi connectivity index (χ1n) is 37.3. The van der Waals surface area contributed by atoms with E-state index in [4.69, 9.17) is 70.1 Å². The van der Waals surface area contributed by atoms with Gasteiger partial charge >= 0.3 is 0 Å². The van der Waals surface area contributed by atoms with Crippen LogP contribution in [-0.4, -0.2) is 146 Å². The molecule has 24 nitrogen and oxygen atoms in total. The molecule has 1 aromatic carbocycles. The number of alkyl halides is 10. The molecule has 4 saturated heterocycles. The van der Waals surface area contributed by atoms with Crippen molar-refractivity contribution in [3.05, 3.63) is 191 Å². The van der Waals surface area contributed by atoms with Gasteiger partial charge in [-0.3, -0.25) is 0 Å². The van der Waals surface area contributed by atoms with Crippen LogP contribution in [0.3, 0.4) is 0 Å². The molecular weight excluding hydrogens is 1700 g/mol. The number of thiophene rings is 4. The number of rotatable bonds is 14. The third kappa shape index (κ3) is 17.9. The lowest BCUT2D eigenvalue weighted by molar-refractivity contribution is -0.183. The highest BCUT2D eigenvalue weighted by Crippen LogP contribution is 2.60. The average molecular weight is 1780 g/mol. The molecule has 10 aromatic rings. The van der Waals surface area contributed by atoms with Crippen molar-refractivity contribution in [2.45, 2.75) is 212 Å². The third-order valence-corrected chi connectivity index (χ3v) is 27.6. The maximum Gasteiger partial charge on any atom is 0.297 e. The van der Waals surface area contributed by atoms with Gasteiger partial charge in [-0.25, -0.2) is 27.5 Å². The Bertz CT molecular complexity index is 5070. The molecule has 116 heavy (non-hydrogen) atoms. The number of fused-ring (bicyclic) bond motifs is 8. The van der Waals surface area contributed by atoms with Crippen molar-refractivity contribution in [1.82, 2.24) is 91.4 Å². The minimum absolute atomic E-state index is 0.000323. The van der Waals surface area contributed by atoms with Gasteiger partial charge in [-0.2, -0.15) is 45.3 Å². The van der Waals surface area contributed by atoms with Crippen LogP contribution in [0, 0.1) is 0 Å². The van der Waals surface area contributed by atoms with Crippen molar-refractivity contribution in [1.29, 1.82) is 0 Å². The largest absolute Gasteiger partial charge is 0.386 e. The van der Waals surface area contributed by atoms with E-state index >= 15 is 0 Å². The fourth-order valence-corrected chi connectivity index (χ4v) is 22.7. The monoisotopic (exact) mass is 1770 g/mol. The van der Waals surface area contributed by atoms with E-state index in [9.17, 15) is 49.0 Å². The second kappa shape index (κ2) is 33.6. The van der Waals surface area contributed by atoms with E-state index in [0.717, 1.165) is 38.7 Å². The Balaban J connectivity index is 0.000000122. The Morgan fingerprint density at radius 2 is 0.802 bits per heavy atom. The fraction of sp³-hybridized carbons (Fsp3) is 0.541. The molecule has 8 aliphatic heterocycles. The van der Waals surface area contributed by atoms with Crippen molar-refractivity contribution < 1.29 is 72.7 Å². The molecule has 0 amide bonds. The van der Waals surface area contributed by atoms with E-state index in [1.165, 1.54) is 64.5 Å². The zero-order valence-electron chi connectivity index (χ0n) is 62.7. The molecular formula is C74H80Cl4F10N18O6S4. The van der Waals surface area contributed by atoms with E-state index in [1.54, 1.807) is 33.5 Å². The Morgan fingerprint density at radius 1 is 0.466 bits per heavy atom. The first kappa shape index (κ1) is 84.7. The van der Waals surface area contributed by atoms with Crippen LogP contribution >= 0.6 is 91.8 Å². The number of methoxy groups -OCH3 is 1. The van der Waals surface area contributed by atoms with E-state index in [0.29, 0.717) is 115 Å². The molecule has 0 saturated carbocycles. The fourth-order valence-electron chi connectivity index (χ4n) is 16.9. The minimum Gasteiger partial charge on any atom is -0.386 e. The smallest absolute Gasteiger partial charge is 0.297 e. The summed E-state index contributed by atoms with van der Waals surface area (Å²) in [6.45, 7) is 6.60. The second-order valence-electron chi connectivity index (χ2n) is 30.7. The topological polar surface area (TPSA) is 263 Å². The highest BCUT2D eigenvalue weighted by Gasteiger charge is 2.59. The van der Waals surface area contributed by atoms with Gasteiger partial charge in [0.25, 0.3) is 30.1 Å². The molecule has 4 fully saturated rings. The van der Waals surface area contributed by atoms with Gasteiger partial charge in [0.15, 0.2) is 0 Å². The van der Waals surface area contributed by atoms with E-state index < -0.39 is 91.6 Å². The molecule has 0 bridgehead atoms. The third-order valence-electron chi connectivity index (χ3n) is 21.8. The summed E-state index contributed by atoms with van der Waals surface area (Å²) in [6, 6.07) is 17.6. The second-order valence-corrected chi connectivity index (χ2v) is 37.5. The molecule has 5 N–H and O–H groups in total. The van der Waals surface area contributed by atoms with Crippen LogP contribution in [0.1, 0.15) is 185 Å². The Morgan fingerprint density at radius 3 is 1.15 bits per heavy atom. The summed E-state index contributed by atoms with van der Waals surface area (Å²) >= 11 is 29.0. The quantitative estimate of drug-likeness (QED) is 0.0634. The molecule has 624 valence electrons. The SMILES string of the molecule is COCCn1cc([C@@H]2C[C@]3(C[C@H](C)N2)OCC(F)(F)c2cc(Cl)sc23)nn1.C[C@H]1C[C@@]2(C[C@@H](c3cn(CC(F)F)nn3)N1)OCC(F)(F)c1cc(Cl)sc12.C[C@H]1C[C@@]2(C[C@@H](c3cn(CC(O)c4ccccc4)nn3)N1)OCC(F)(F)c1cc(Cl)sc12.C[C@H]1C[C@@]2(C[C@@H](c3cn(Cc4cccnn4)nn3)N1)OCC(F)(F)c1cc(Cl)sc12. The summed E-state index contributed by atoms with van der Waals surface area (Å²) < 4.78 is 176. The summed E-state index contributed by atoms with van der Waals surface area (Å²) in [6.07, 6.45) is 9.30. The highest BCUT2D eigenvalue weighted by molar-refractivity contribution is 7.17. The summed E-state index contributed by atoms with van der Waals surface area (Å²) in [4.78, 5) is 1.99. The van der Waals surface area contributed by atoms with Crippen LogP contribution in [0.4, 0.5) is 43.9 Å². The maximum absolute atomic E-state index is 14.5. The summed E-state index contributed by atoms with van der Waals surface area (Å²) in [7, 11) is 1.63. The molecule has 18 rings (SSSR count). The van der Waals surface area contributed by atoms with Gasteiger partial charge in [0.05, 0.1) is 127 Å². The van der Waals surface area contributed by atoms with Crippen molar-refractivity contribution in [2.75, 3.05) is 40.1 Å². The number of halogens is 14. The zero-order chi connectivity index (χ0) is 82.1. The van der Waals surface area contributed by atoms with E-state index in [2.05, 4.69) is 72.7 Å². The number of nitrogens with zero attached hydrogens (tertiary/aromatic N) is 14. The summed E-state index contributed by atoms with van der Waals surface area (Å²) in [5.41, 5.74) is 0.721.